The zero-order chi connectivity index (χ0) is 13.8. The Labute approximate surface area is 115 Å². The number of aromatic amines is 1. The van der Waals surface area contributed by atoms with Gasteiger partial charge in [-0.25, -0.2) is 4.98 Å². The molecule has 3 N–H and O–H groups in total. The van der Waals surface area contributed by atoms with Crippen LogP contribution in [0.1, 0.15) is 29.1 Å². The molecule has 2 aromatic rings. The lowest BCUT2D eigenvalue weighted by atomic mass is 10.2. The molecule has 0 fully saturated rings. The number of aromatic nitrogens is 2. The number of thiophene rings is 1. The largest absolute Gasteiger partial charge is 0.396 e. The van der Waals surface area contributed by atoms with Crippen LogP contribution in [0, 0.1) is 13.8 Å². The van der Waals surface area contributed by atoms with E-state index >= 15 is 0 Å². The molecule has 0 amide bonds. The van der Waals surface area contributed by atoms with Crippen LogP contribution in [0.2, 0.25) is 0 Å². The number of aliphatic hydroxyl groups excluding tert-OH is 1. The van der Waals surface area contributed by atoms with E-state index in [9.17, 15) is 4.79 Å². The molecule has 0 radical (unpaired) electrons. The summed E-state index contributed by atoms with van der Waals surface area (Å²) in [5.41, 5.74) is 0.968. The number of rotatable bonds is 6. The van der Waals surface area contributed by atoms with E-state index in [4.69, 9.17) is 5.11 Å². The molecule has 6 heteroatoms. The Bertz CT molecular complexity index is 618. The minimum atomic E-state index is -0.0565. The first-order valence-electron chi connectivity index (χ1n) is 6.44. The van der Waals surface area contributed by atoms with Crippen LogP contribution in [0.25, 0.3) is 10.2 Å². The topological polar surface area (TPSA) is 78.0 Å². The Morgan fingerprint density at radius 2 is 2.16 bits per heavy atom. The maximum absolute atomic E-state index is 12.0. The van der Waals surface area contributed by atoms with Gasteiger partial charge >= 0.3 is 0 Å². The highest BCUT2D eigenvalue weighted by Gasteiger charge is 2.11. The average molecular weight is 281 g/mol. The van der Waals surface area contributed by atoms with E-state index < -0.39 is 0 Å². The van der Waals surface area contributed by atoms with Crippen molar-refractivity contribution in [1.29, 1.82) is 0 Å². The van der Waals surface area contributed by atoms with E-state index in [1.165, 1.54) is 0 Å². The number of fused-ring (bicyclic) bond motifs is 1. The van der Waals surface area contributed by atoms with E-state index in [1.807, 2.05) is 13.8 Å². The number of nitrogens with zero attached hydrogens (tertiary/aromatic N) is 1. The summed E-state index contributed by atoms with van der Waals surface area (Å²) in [6.45, 7) is 5.54. The molecule has 0 aliphatic heterocycles. The van der Waals surface area contributed by atoms with Gasteiger partial charge in [-0.2, -0.15) is 0 Å². The van der Waals surface area contributed by atoms with Crippen molar-refractivity contribution in [2.45, 2.75) is 33.2 Å². The Morgan fingerprint density at radius 3 is 2.89 bits per heavy atom. The average Bonchev–Trinajstić information content (AvgIpc) is 2.65. The van der Waals surface area contributed by atoms with Crippen molar-refractivity contribution in [3.05, 3.63) is 26.6 Å². The SMILES string of the molecule is Cc1sc2nc(CNCCCCO)[nH]c(=O)c2c1C. The summed E-state index contributed by atoms with van der Waals surface area (Å²) in [4.78, 5) is 21.3. The fourth-order valence-corrected chi connectivity index (χ4v) is 3.00. The maximum Gasteiger partial charge on any atom is 0.259 e. The van der Waals surface area contributed by atoms with Crippen molar-refractivity contribution < 1.29 is 5.11 Å². The summed E-state index contributed by atoms with van der Waals surface area (Å²) in [5.74, 6) is 0.669. The first-order valence-corrected chi connectivity index (χ1v) is 7.25. The molecule has 0 atom stereocenters. The maximum atomic E-state index is 12.0. The highest BCUT2D eigenvalue weighted by atomic mass is 32.1. The molecular formula is C13H19N3O2S. The normalized spacial score (nSPS) is 11.3. The van der Waals surface area contributed by atoms with Crippen molar-refractivity contribution in [1.82, 2.24) is 15.3 Å². The molecule has 0 unspecified atom stereocenters. The third-order valence-electron chi connectivity index (χ3n) is 3.14. The molecule has 0 saturated heterocycles. The van der Waals surface area contributed by atoms with Crippen molar-refractivity contribution in [2.24, 2.45) is 0 Å². The molecule has 2 aromatic heterocycles. The molecule has 0 saturated carbocycles. The van der Waals surface area contributed by atoms with E-state index in [0.717, 1.165) is 34.7 Å². The number of unbranched alkanes of at least 4 members (excludes halogenated alkanes) is 1. The fraction of sp³-hybridized carbons (Fsp3) is 0.538. The monoisotopic (exact) mass is 281 g/mol. The van der Waals surface area contributed by atoms with E-state index in [-0.39, 0.29) is 12.2 Å². The first kappa shape index (κ1) is 14.2. The molecule has 19 heavy (non-hydrogen) atoms. The first-order chi connectivity index (χ1) is 9.13. The van der Waals surface area contributed by atoms with Crippen LogP contribution >= 0.6 is 11.3 Å². The molecule has 2 heterocycles. The third kappa shape index (κ3) is 3.20. The second kappa shape index (κ2) is 6.27. The summed E-state index contributed by atoms with van der Waals surface area (Å²) in [6, 6.07) is 0. The van der Waals surface area contributed by atoms with Crippen molar-refractivity contribution >= 4 is 21.6 Å². The van der Waals surface area contributed by atoms with Gasteiger partial charge in [0.05, 0.1) is 11.9 Å². The van der Waals surface area contributed by atoms with E-state index in [2.05, 4.69) is 15.3 Å². The predicted octanol–water partition coefficient (Wildman–Crippen LogP) is 1.46. The number of aliphatic hydroxyl groups is 1. The lowest BCUT2D eigenvalue weighted by molar-refractivity contribution is 0.283. The minimum absolute atomic E-state index is 0.0565. The number of hydrogen-bond donors (Lipinski definition) is 3. The van der Waals surface area contributed by atoms with Crippen molar-refractivity contribution in [2.75, 3.05) is 13.2 Å². The fourth-order valence-electron chi connectivity index (χ4n) is 1.95. The summed E-state index contributed by atoms with van der Waals surface area (Å²) in [5, 5.41) is 12.6. The second-order valence-corrected chi connectivity index (χ2v) is 5.79. The number of nitrogens with one attached hydrogen (secondary N) is 2. The minimum Gasteiger partial charge on any atom is -0.396 e. The summed E-state index contributed by atoms with van der Waals surface area (Å²) < 4.78 is 0. The van der Waals surface area contributed by atoms with Crippen LogP contribution in [0.15, 0.2) is 4.79 Å². The van der Waals surface area contributed by atoms with Crippen LogP contribution in [0.4, 0.5) is 0 Å². The third-order valence-corrected chi connectivity index (χ3v) is 4.24. The van der Waals surface area contributed by atoms with E-state index in [1.54, 1.807) is 11.3 Å². The Morgan fingerprint density at radius 1 is 1.37 bits per heavy atom. The molecule has 0 spiro atoms. The van der Waals surface area contributed by atoms with Gasteiger partial charge in [-0.15, -0.1) is 11.3 Å². The Kier molecular flexibility index (Phi) is 4.68. The van der Waals surface area contributed by atoms with Gasteiger partial charge in [-0.05, 0) is 38.8 Å². The van der Waals surface area contributed by atoms with Crippen LogP contribution in [0.5, 0.6) is 0 Å². The lowest BCUT2D eigenvalue weighted by Crippen LogP contribution is -2.20. The second-order valence-electron chi connectivity index (χ2n) is 4.58. The van der Waals surface area contributed by atoms with Gasteiger partial charge in [0.2, 0.25) is 0 Å². The zero-order valence-corrected chi connectivity index (χ0v) is 12.1. The van der Waals surface area contributed by atoms with Gasteiger partial charge in [-0.3, -0.25) is 4.79 Å². The Balaban J connectivity index is 2.11. The summed E-state index contributed by atoms with van der Waals surface area (Å²) in [7, 11) is 0. The van der Waals surface area contributed by atoms with Crippen LogP contribution in [-0.2, 0) is 6.54 Å². The number of hydrogen-bond acceptors (Lipinski definition) is 5. The van der Waals surface area contributed by atoms with Gasteiger partial charge in [0.1, 0.15) is 10.7 Å². The van der Waals surface area contributed by atoms with Crippen LogP contribution in [-0.4, -0.2) is 28.2 Å². The number of aryl methyl sites for hydroxylation is 2. The van der Waals surface area contributed by atoms with Crippen molar-refractivity contribution in [3.63, 3.8) is 0 Å². The molecule has 0 bridgehead atoms. The van der Waals surface area contributed by atoms with Crippen LogP contribution in [0.3, 0.4) is 0 Å². The number of H-pyrrole nitrogens is 1. The highest BCUT2D eigenvalue weighted by molar-refractivity contribution is 7.18. The van der Waals surface area contributed by atoms with Crippen molar-refractivity contribution in [3.8, 4) is 0 Å². The molecule has 5 nitrogen and oxygen atoms in total. The molecule has 0 aliphatic carbocycles. The smallest absolute Gasteiger partial charge is 0.259 e. The van der Waals surface area contributed by atoms with Gasteiger partial charge < -0.3 is 15.4 Å². The lowest BCUT2D eigenvalue weighted by Gasteiger charge is -2.03. The molecular weight excluding hydrogens is 262 g/mol. The summed E-state index contributed by atoms with van der Waals surface area (Å²) >= 11 is 1.56. The highest BCUT2D eigenvalue weighted by Crippen LogP contribution is 2.25. The molecule has 104 valence electrons. The van der Waals surface area contributed by atoms with Gasteiger partial charge in [0.15, 0.2) is 0 Å². The summed E-state index contributed by atoms with van der Waals surface area (Å²) in [6.07, 6.45) is 1.71. The quantitative estimate of drug-likeness (QED) is 0.701. The zero-order valence-electron chi connectivity index (χ0n) is 11.2. The molecule has 0 aromatic carbocycles. The molecule has 0 aliphatic rings. The van der Waals surface area contributed by atoms with Gasteiger partial charge in [-0.1, -0.05) is 0 Å². The Hall–Kier alpha value is -1.24. The van der Waals surface area contributed by atoms with Gasteiger partial charge in [0.25, 0.3) is 5.56 Å². The predicted molar refractivity (Wildman–Crippen MR) is 77.7 cm³/mol. The molecule has 2 rings (SSSR count). The van der Waals surface area contributed by atoms with E-state index in [0.29, 0.717) is 17.8 Å². The van der Waals surface area contributed by atoms with Crippen LogP contribution < -0.4 is 10.9 Å². The van der Waals surface area contributed by atoms with Gasteiger partial charge in [0, 0.05) is 11.5 Å². The standard InChI is InChI=1S/C13H19N3O2S/c1-8-9(2)19-13-11(8)12(18)15-10(16-13)7-14-5-3-4-6-17/h14,17H,3-7H2,1-2H3,(H,15,16,18).